The number of ether oxygens (including phenoxy) is 1. The van der Waals surface area contributed by atoms with Gasteiger partial charge in [0.05, 0.1) is 11.6 Å². The molecule has 10 nitrogen and oxygen atoms in total. The number of hydrogen-bond acceptors (Lipinski definition) is 6. The predicted molar refractivity (Wildman–Crippen MR) is 154 cm³/mol. The van der Waals surface area contributed by atoms with Gasteiger partial charge in [-0.15, -0.1) is 0 Å². The molecular weight excluding hydrogens is 522 g/mol. The van der Waals surface area contributed by atoms with E-state index in [2.05, 4.69) is 26.3 Å². The van der Waals surface area contributed by atoms with E-state index in [0.29, 0.717) is 31.6 Å². The van der Waals surface area contributed by atoms with Crippen LogP contribution in [0.5, 0.6) is 5.75 Å². The quantitative estimate of drug-likeness (QED) is 0.441. The average molecular weight is 564 g/mol. The molecule has 41 heavy (non-hydrogen) atoms. The van der Waals surface area contributed by atoms with Crippen LogP contribution in [0, 0.1) is 5.92 Å². The third-order valence-corrected chi connectivity index (χ3v) is 7.88. The summed E-state index contributed by atoms with van der Waals surface area (Å²) in [4.78, 5) is 57.8. The lowest BCUT2D eigenvalue weighted by Gasteiger charge is -2.38. The number of amides is 4. The number of fused-ring (bicyclic) bond motifs is 1. The summed E-state index contributed by atoms with van der Waals surface area (Å²) < 4.78 is 6.09. The van der Waals surface area contributed by atoms with Crippen LogP contribution in [0.2, 0.25) is 0 Å². The molecule has 0 bridgehead atoms. The average Bonchev–Trinajstić information content (AvgIpc) is 2.97. The highest BCUT2D eigenvalue weighted by atomic mass is 16.5. The van der Waals surface area contributed by atoms with Crippen molar-refractivity contribution in [3.63, 3.8) is 0 Å². The van der Waals surface area contributed by atoms with Crippen molar-refractivity contribution in [2.75, 3.05) is 13.2 Å². The monoisotopic (exact) mass is 563 g/mol. The Balaban J connectivity index is 1.58. The van der Waals surface area contributed by atoms with Gasteiger partial charge >= 0.3 is 0 Å². The van der Waals surface area contributed by atoms with E-state index in [1.807, 2.05) is 32.0 Å². The standard InChI is InChI=1S/C31H41N5O5/c1-21(2)25-20-41-26-12-5-4-11-23(26)28(38)34-24(29(39)33-19-15-22-10-6-9-18-32-22)13-14-27(37)36-31(30(40)35-25)16-7-3-8-17-31/h4-6,9-12,18,21,24-25H,3,7-8,13-17,19-20H2,1-2H3,(H,33,39)(H,34,38)(H,35,40)(H,36,37)/t24-,25-/m0/s1. The van der Waals surface area contributed by atoms with Gasteiger partial charge in [0, 0.05) is 31.3 Å². The van der Waals surface area contributed by atoms with Gasteiger partial charge in [0.15, 0.2) is 0 Å². The van der Waals surface area contributed by atoms with Crippen LogP contribution in [-0.4, -0.2) is 59.4 Å². The van der Waals surface area contributed by atoms with Crippen molar-refractivity contribution in [3.8, 4) is 5.75 Å². The molecule has 1 aliphatic carbocycles. The Morgan fingerprint density at radius 3 is 2.54 bits per heavy atom. The number of carbonyl (C=O) groups excluding carboxylic acids is 4. The van der Waals surface area contributed by atoms with Crippen LogP contribution in [0.25, 0.3) is 0 Å². The Kier molecular flexibility index (Phi) is 10.3. The summed E-state index contributed by atoms with van der Waals surface area (Å²) in [6, 6.07) is 11.1. The minimum absolute atomic E-state index is 0.0284. The molecule has 1 spiro atoms. The highest BCUT2D eigenvalue weighted by Gasteiger charge is 2.42. The van der Waals surface area contributed by atoms with E-state index in [4.69, 9.17) is 4.74 Å². The van der Waals surface area contributed by atoms with Crippen molar-refractivity contribution < 1.29 is 23.9 Å². The van der Waals surface area contributed by atoms with Gasteiger partial charge in [-0.3, -0.25) is 24.2 Å². The van der Waals surface area contributed by atoms with Gasteiger partial charge in [-0.05, 0) is 49.4 Å². The van der Waals surface area contributed by atoms with Crippen LogP contribution in [0.3, 0.4) is 0 Å². The van der Waals surface area contributed by atoms with E-state index in [-0.39, 0.29) is 48.8 Å². The van der Waals surface area contributed by atoms with Crippen LogP contribution in [0.1, 0.15) is 74.8 Å². The van der Waals surface area contributed by atoms with Crippen molar-refractivity contribution in [2.24, 2.45) is 5.92 Å². The first kappa shape index (κ1) is 30.0. The van der Waals surface area contributed by atoms with Crippen molar-refractivity contribution in [2.45, 2.75) is 82.8 Å². The van der Waals surface area contributed by atoms with Gasteiger partial charge in [0.2, 0.25) is 17.7 Å². The molecule has 0 unspecified atom stereocenters. The first-order chi connectivity index (χ1) is 19.8. The second-order valence-electron chi connectivity index (χ2n) is 11.2. The minimum Gasteiger partial charge on any atom is -0.491 e. The van der Waals surface area contributed by atoms with E-state index in [1.165, 1.54) is 0 Å². The van der Waals surface area contributed by atoms with E-state index in [1.54, 1.807) is 30.5 Å². The van der Waals surface area contributed by atoms with Gasteiger partial charge in [0.25, 0.3) is 5.91 Å². The molecule has 0 radical (unpaired) electrons. The van der Waals surface area contributed by atoms with Crippen LogP contribution in [0.15, 0.2) is 48.7 Å². The summed E-state index contributed by atoms with van der Waals surface area (Å²) in [6.45, 7) is 4.46. The fourth-order valence-electron chi connectivity index (χ4n) is 5.32. The second-order valence-corrected chi connectivity index (χ2v) is 11.2. The predicted octanol–water partition coefficient (Wildman–Crippen LogP) is 2.67. The van der Waals surface area contributed by atoms with Crippen LogP contribution >= 0.6 is 0 Å². The summed E-state index contributed by atoms with van der Waals surface area (Å²) in [5.41, 5.74) is 0.0976. The molecule has 2 heterocycles. The Bertz CT molecular complexity index is 1210. The zero-order valence-corrected chi connectivity index (χ0v) is 23.9. The number of nitrogens with zero attached hydrogens (tertiary/aromatic N) is 1. The molecule has 0 saturated heterocycles. The summed E-state index contributed by atoms with van der Waals surface area (Å²) in [7, 11) is 0. The third kappa shape index (κ3) is 8.05. The molecule has 4 rings (SSSR count). The smallest absolute Gasteiger partial charge is 0.255 e. The van der Waals surface area contributed by atoms with Gasteiger partial charge in [-0.2, -0.15) is 0 Å². The lowest BCUT2D eigenvalue weighted by Crippen LogP contribution is -2.62. The van der Waals surface area contributed by atoms with E-state index < -0.39 is 23.4 Å². The molecule has 2 atom stereocenters. The summed E-state index contributed by atoms with van der Waals surface area (Å²) in [5, 5.41) is 11.8. The molecule has 2 aliphatic rings. The topological polar surface area (TPSA) is 139 Å². The highest BCUT2D eigenvalue weighted by molar-refractivity contribution is 6.00. The number of benzene rings is 1. The number of pyridine rings is 1. The van der Waals surface area contributed by atoms with Crippen molar-refractivity contribution >= 4 is 23.6 Å². The van der Waals surface area contributed by atoms with Crippen LogP contribution < -0.4 is 26.0 Å². The second kappa shape index (κ2) is 14.1. The molecule has 1 saturated carbocycles. The molecule has 220 valence electrons. The van der Waals surface area contributed by atoms with E-state index >= 15 is 0 Å². The van der Waals surface area contributed by atoms with Gasteiger partial charge < -0.3 is 26.0 Å². The maximum absolute atomic E-state index is 13.7. The van der Waals surface area contributed by atoms with Gasteiger partial charge in [0.1, 0.15) is 23.9 Å². The zero-order chi connectivity index (χ0) is 29.2. The first-order valence-corrected chi connectivity index (χ1v) is 14.6. The molecular formula is C31H41N5O5. The maximum atomic E-state index is 13.7. The fraction of sp³-hybridized carbons (Fsp3) is 0.516. The highest BCUT2D eigenvalue weighted by Crippen LogP contribution is 2.29. The SMILES string of the molecule is CC(C)[C@@H]1COc2ccccc2C(=O)N[C@H](C(=O)NCCc2ccccn2)CCC(=O)NC2(CCCCC2)C(=O)N1. The van der Waals surface area contributed by atoms with Crippen LogP contribution in [-0.2, 0) is 20.8 Å². The maximum Gasteiger partial charge on any atom is 0.255 e. The Hall–Kier alpha value is -3.95. The van der Waals surface area contributed by atoms with Crippen molar-refractivity contribution in [3.05, 3.63) is 59.9 Å². The fourth-order valence-corrected chi connectivity index (χ4v) is 5.32. The lowest BCUT2D eigenvalue weighted by atomic mass is 9.80. The van der Waals surface area contributed by atoms with Gasteiger partial charge in [-0.25, -0.2) is 0 Å². The van der Waals surface area contributed by atoms with E-state index in [9.17, 15) is 19.2 Å². The number of nitrogens with one attached hydrogen (secondary N) is 4. The molecule has 1 fully saturated rings. The number of para-hydroxylation sites is 1. The normalized spacial score (nSPS) is 21.8. The number of rotatable bonds is 5. The van der Waals surface area contributed by atoms with Crippen molar-refractivity contribution in [1.29, 1.82) is 0 Å². The number of hydrogen-bond donors (Lipinski definition) is 4. The van der Waals surface area contributed by atoms with Crippen LogP contribution in [0.4, 0.5) is 0 Å². The van der Waals surface area contributed by atoms with Gasteiger partial charge in [-0.1, -0.05) is 51.3 Å². The largest absolute Gasteiger partial charge is 0.491 e. The number of carbonyl (C=O) groups is 4. The van der Waals surface area contributed by atoms with E-state index in [0.717, 1.165) is 25.0 Å². The molecule has 10 heteroatoms. The number of aromatic nitrogens is 1. The van der Waals surface area contributed by atoms with Crippen molar-refractivity contribution in [1.82, 2.24) is 26.3 Å². The first-order valence-electron chi connectivity index (χ1n) is 14.6. The molecule has 1 aliphatic heterocycles. The Morgan fingerprint density at radius 2 is 1.80 bits per heavy atom. The Labute approximate surface area is 241 Å². The Morgan fingerprint density at radius 1 is 1.05 bits per heavy atom. The summed E-state index contributed by atoms with van der Waals surface area (Å²) in [6.07, 6.45) is 6.03. The molecule has 4 N–H and O–H groups in total. The minimum atomic E-state index is -1.01. The lowest BCUT2D eigenvalue weighted by molar-refractivity contribution is -0.136. The summed E-state index contributed by atoms with van der Waals surface area (Å²) >= 11 is 0. The third-order valence-electron chi connectivity index (χ3n) is 7.88. The zero-order valence-electron chi connectivity index (χ0n) is 23.9. The molecule has 1 aromatic heterocycles. The molecule has 4 amide bonds. The summed E-state index contributed by atoms with van der Waals surface area (Å²) in [5.74, 6) is -1.00. The molecule has 2 aromatic rings. The molecule has 1 aromatic carbocycles.